The Bertz CT molecular complexity index is 652. The van der Waals surface area contributed by atoms with E-state index in [1.807, 2.05) is 24.3 Å². The molecular weight excluding hydrogens is 258 g/mol. The average Bonchev–Trinajstić information content (AvgIpc) is 3.10. The third-order valence-corrected chi connectivity index (χ3v) is 3.25. The topological polar surface area (TPSA) is 71.0 Å². The molecule has 0 radical (unpaired) electrons. The molecule has 1 aliphatic heterocycles. The number of aliphatic imine (C=N–C) groups is 1. The molecule has 3 rings (SSSR count). The fourth-order valence-electron chi connectivity index (χ4n) is 2.36. The van der Waals surface area contributed by atoms with Crippen molar-refractivity contribution in [1.82, 2.24) is 8.96 Å². The molecule has 8 heteroatoms. The highest BCUT2D eigenvalue weighted by molar-refractivity contribution is 6.51. The van der Waals surface area contributed by atoms with E-state index < -0.39 is 7.26 Å². The first kappa shape index (κ1) is 12.6. The first-order valence-electron chi connectivity index (χ1n) is 6.36. The highest BCUT2D eigenvalue weighted by Crippen LogP contribution is 2.21. The molecule has 100 valence electrons. The van der Waals surface area contributed by atoms with E-state index in [2.05, 4.69) is 15.0 Å². The summed E-state index contributed by atoms with van der Waals surface area (Å²) in [6.45, 7) is 0.961. The Kier molecular flexibility index (Phi) is 3.31. The number of halogens is 1. The van der Waals surface area contributed by atoms with Crippen LogP contribution in [0.5, 0.6) is 0 Å². The van der Waals surface area contributed by atoms with Gasteiger partial charge in [0, 0.05) is 18.0 Å². The number of nitrogens with zero attached hydrogens (tertiary/aromatic N) is 6. The zero-order valence-electron chi connectivity index (χ0n) is 10.7. The lowest BCUT2D eigenvalue weighted by atomic mass is 9.97. The maximum Gasteiger partial charge on any atom is 0.596 e. The summed E-state index contributed by atoms with van der Waals surface area (Å²) in [5.41, 5.74) is 10.5. The van der Waals surface area contributed by atoms with E-state index in [1.165, 1.54) is 0 Å². The summed E-state index contributed by atoms with van der Waals surface area (Å²) in [4.78, 5) is 7.25. The van der Waals surface area contributed by atoms with Gasteiger partial charge >= 0.3 is 7.26 Å². The van der Waals surface area contributed by atoms with Crippen molar-refractivity contribution in [3.8, 4) is 0 Å². The maximum atomic E-state index is 14.3. The Hall–Kier alpha value is -2.47. The maximum absolute atomic E-state index is 14.3. The first-order chi connectivity index (χ1) is 9.83. The van der Waals surface area contributed by atoms with Gasteiger partial charge in [-0.1, -0.05) is 5.11 Å². The van der Waals surface area contributed by atoms with Crippen molar-refractivity contribution in [2.45, 2.75) is 6.42 Å². The first-order valence-corrected chi connectivity index (χ1v) is 6.36. The molecule has 3 heterocycles. The zero-order valence-corrected chi connectivity index (χ0v) is 10.7. The van der Waals surface area contributed by atoms with E-state index in [4.69, 9.17) is 5.53 Å². The van der Waals surface area contributed by atoms with E-state index >= 15 is 0 Å². The molecule has 0 saturated carbocycles. The monoisotopic (exact) mass is 270 g/mol. The third kappa shape index (κ3) is 2.00. The van der Waals surface area contributed by atoms with Crippen molar-refractivity contribution in [1.29, 1.82) is 0 Å². The second-order valence-electron chi connectivity index (χ2n) is 4.45. The van der Waals surface area contributed by atoms with Gasteiger partial charge < -0.3 is 8.96 Å². The fraction of sp³-hybridized carbons (Fsp3) is 0.250. The molecule has 0 saturated heterocycles. The molecule has 2 aromatic heterocycles. The van der Waals surface area contributed by atoms with Crippen LogP contribution in [-0.4, -0.2) is 35.0 Å². The van der Waals surface area contributed by atoms with Crippen LogP contribution >= 0.6 is 0 Å². The molecule has 0 amide bonds. The van der Waals surface area contributed by atoms with E-state index in [0.29, 0.717) is 19.5 Å². The van der Waals surface area contributed by atoms with Crippen LogP contribution in [0.1, 0.15) is 17.8 Å². The van der Waals surface area contributed by atoms with Crippen molar-refractivity contribution in [2.75, 3.05) is 13.1 Å². The Morgan fingerprint density at radius 2 is 1.80 bits per heavy atom. The van der Waals surface area contributed by atoms with Crippen molar-refractivity contribution in [2.24, 2.45) is 10.1 Å². The van der Waals surface area contributed by atoms with Crippen LogP contribution in [-0.2, 0) is 0 Å². The van der Waals surface area contributed by atoms with Gasteiger partial charge in [0.15, 0.2) is 0 Å². The second-order valence-corrected chi connectivity index (χ2v) is 4.45. The van der Waals surface area contributed by atoms with E-state index in [0.717, 1.165) is 17.1 Å². The Labute approximate surface area is 115 Å². The standard InChI is InChI=1S/C12H12BFN6/c14-13-19-8-1-4-10(19)12(11-5-2-9-20(11)13)16-6-3-7-17-18-15/h1-2,4-5,8-9H,3,6-7H2. The molecule has 0 aromatic carbocycles. The quantitative estimate of drug-likeness (QED) is 0.269. The number of hydrogen-bond donors (Lipinski definition) is 0. The summed E-state index contributed by atoms with van der Waals surface area (Å²) >= 11 is 0. The van der Waals surface area contributed by atoms with Crippen molar-refractivity contribution >= 4 is 13.0 Å². The molecule has 0 bridgehead atoms. The lowest BCUT2D eigenvalue weighted by molar-refractivity contribution is 0.737. The van der Waals surface area contributed by atoms with Crippen LogP contribution in [0.15, 0.2) is 46.8 Å². The van der Waals surface area contributed by atoms with Gasteiger partial charge in [0.25, 0.3) is 0 Å². The summed E-state index contributed by atoms with van der Waals surface area (Å²) in [6.07, 6.45) is 4.09. The van der Waals surface area contributed by atoms with E-state index in [9.17, 15) is 4.32 Å². The number of rotatable bonds is 4. The number of aromatic nitrogens is 2. The van der Waals surface area contributed by atoms with Crippen molar-refractivity contribution in [3.63, 3.8) is 0 Å². The molecule has 2 aromatic rings. The molecular formula is C12H12BFN6. The minimum atomic E-state index is -1.23. The molecule has 0 N–H and O–H groups in total. The Morgan fingerprint density at radius 3 is 2.40 bits per heavy atom. The zero-order chi connectivity index (χ0) is 13.9. The van der Waals surface area contributed by atoms with Crippen LogP contribution in [0, 0.1) is 0 Å². The summed E-state index contributed by atoms with van der Waals surface area (Å²) < 4.78 is 17.4. The van der Waals surface area contributed by atoms with Crippen LogP contribution in [0.3, 0.4) is 0 Å². The highest BCUT2D eigenvalue weighted by Gasteiger charge is 2.32. The van der Waals surface area contributed by atoms with Crippen molar-refractivity contribution in [3.05, 3.63) is 58.5 Å². The normalized spacial score (nSPS) is 12.7. The molecule has 0 atom stereocenters. The summed E-state index contributed by atoms with van der Waals surface area (Å²) in [7, 11) is -1.23. The number of fused-ring (bicyclic) bond motifs is 2. The minimum absolute atomic E-state index is 0.418. The summed E-state index contributed by atoms with van der Waals surface area (Å²) in [5, 5.41) is 3.48. The van der Waals surface area contributed by atoms with Gasteiger partial charge in [-0.25, -0.2) is 0 Å². The number of hydrogen-bond acceptors (Lipinski definition) is 2. The number of azide groups is 1. The van der Waals surface area contributed by atoms with Gasteiger partial charge in [-0.2, -0.15) is 0 Å². The predicted octanol–water partition coefficient (Wildman–Crippen LogP) is 2.49. The molecule has 0 spiro atoms. The van der Waals surface area contributed by atoms with E-state index in [-0.39, 0.29) is 0 Å². The highest BCUT2D eigenvalue weighted by atomic mass is 19.1. The molecule has 0 fully saturated rings. The summed E-state index contributed by atoms with van der Waals surface area (Å²) in [5.74, 6) is 0. The third-order valence-electron chi connectivity index (χ3n) is 3.25. The van der Waals surface area contributed by atoms with Gasteiger partial charge in [0.1, 0.15) is 5.71 Å². The second kappa shape index (κ2) is 5.26. The lowest BCUT2D eigenvalue weighted by Crippen LogP contribution is -2.38. The summed E-state index contributed by atoms with van der Waals surface area (Å²) in [6, 6.07) is 7.33. The van der Waals surface area contributed by atoms with E-state index in [1.54, 1.807) is 21.3 Å². The molecule has 20 heavy (non-hydrogen) atoms. The van der Waals surface area contributed by atoms with Crippen LogP contribution in [0.2, 0.25) is 0 Å². The van der Waals surface area contributed by atoms with Crippen LogP contribution in [0.25, 0.3) is 10.4 Å². The minimum Gasteiger partial charge on any atom is -0.340 e. The largest absolute Gasteiger partial charge is 0.596 e. The average molecular weight is 270 g/mol. The Morgan fingerprint density at radius 1 is 1.15 bits per heavy atom. The van der Waals surface area contributed by atoms with Crippen LogP contribution in [0.4, 0.5) is 4.32 Å². The van der Waals surface area contributed by atoms with Crippen molar-refractivity contribution < 1.29 is 4.32 Å². The lowest BCUT2D eigenvalue weighted by Gasteiger charge is -2.22. The van der Waals surface area contributed by atoms with Gasteiger partial charge in [-0.15, -0.1) is 0 Å². The fourth-order valence-corrected chi connectivity index (χ4v) is 2.36. The molecule has 1 aliphatic rings. The van der Waals surface area contributed by atoms with Gasteiger partial charge in [0.05, 0.1) is 11.4 Å². The SMILES string of the molecule is [N-]=[N+]=NCCCN=C1c2cccn2B(F)n2cccc21. The molecule has 6 nitrogen and oxygen atoms in total. The molecule has 0 aliphatic carbocycles. The van der Waals surface area contributed by atoms with Crippen LogP contribution < -0.4 is 0 Å². The predicted molar refractivity (Wildman–Crippen MR) is 75.7 cm³/mol. The van der Waals surface area contributed by atoms with Gasteiger partial charge in [0.2, 0.25) is 0 Å². The van der Waals surface area contributed by atoms with Gasteiger partial charge in [-0.05, 0) is 48.6 Å². The smallest absolute Gasteiger partial charge is 0.340 e. The van der Waals surface area contributed by atoms with Gasteiger partial charge in [-0.3, -0.25) is 9.31 Å². The Balaban J connectivity index is 1.91. The molecule has 0 unspecified atom stereocenters.